The van der Waals surface area contributed by atoms with Gasteiger partial charge in [-0.05, 0) is 76.1 Å². The van der Waals surface area contributed by atoms with Gasteiger partial charge in [-0.3, -0.25) is 14.5 Å². The van der Waals surface area contributed by atoms with Crippen molar-refractivity contribution in [2.45, 2.75) is 19.6 Å². The molecule has 0 radical (unpaired) electrons. The zero-order valence-corrected chi connectivity index (χ0v) is 21.6. The third kappa shape index (κ3) is 5.66. The molecule has 11 heteroatoms. The molecular formula is C22H18BrCl2NO6S. The predicted molar refractivity (Wildman–Crippen MR) is 131 cm³/mol. The number of esters is 1. The number of halogens is 3. The quantitative estimate of drug-likeness (QED) is 0.299. The Bertz CT molecular complexity index is 1160. The van der Waals surface area contributed by atoms with Gasteiger partial charge in [0.1, 0.15) is 12.6 Å². The van der Waals surface area contributed by atoms with E-state index in [1.54, 1.807) is 36.4 Å². The summed E-state index contributed by atoms with van der Waals surface area (Å²) in [4.78, 5) is 37.8. The average Bonchev–Trinajstić information content (AvgIpc) is 3.06. The molecule has 174 valence electrons. The maximum atomic E-state index is 12.7. The van der Waals surface area contributed by atoms with Crippen LogP contribution in [0.25, 0.3) is 6.08 Å². The maximum absolute atomic E-state index is 12.7. The number of rotatable bonds is 7. The van der Waals surface area contributed by atoms with Crippen molar-refractivity contribution >= 4 is 74.1 Å². The van der Waals surface area contributed by atoms with Crippen molar-refractivity contribution in [1.29, 1.82) is 0 Å². The molecule has 0 unspecified atom stereocenters. The maximum Gasteiger partial charge on any atom is 0.328 e. The van der Waals surface area contributed by atoms with E-state index in [4.69, 9.17) is 32.7 Å². The summed E-state index contributed by atoms with van der Waals surface area (Å²) in [5, 5.41) is 0.334. The van der Waals surface area contributed by atoms with Gasteiger partial charge in [0.25, 0.3) is 11.1 Å². The van der Waals surface area contributed by atoms with E-state index in [-0.39, 0.29) is 11.5 Å². The van der Waals surface area contributed by atoms with Gasteiger partial charge in [0.2, 0.25) is 0 Å². The summed E-state index contributed by atoms with van der Waals surface area (Å²) in [6.07, 6.45) is 1.55. The monoisotopic (exact) mass is 573 g/mol. The number of benzene rings is 2. The number of hydrogen-bond donors (Lipinski definition) is 0. The first-order valence-corrected chi connectivity index (χ1v) is 11.8. The molecule has 2 aromatic rings. The lowest BCUT2D eigenvalue weighted by atomic mass is 10.1. The highest BCUT2D eigenvalue weighted by Gasteiger charge is 2.41. The van der Waals surface area contributed by atoms with E-state index in [1.165, 1.54) is 21.1 Å². The van der Waals surface area contributed by atoms with Gasteiger partial charge in [0, 0.05) is 0 Å². The number of nitrogens with zero attached hydrogens (tertiary/aromatic N) is 1. The number of hydrogen-bond acceptors (Lipinski definition) is 7. The zero-order chi connectivity index (χ0) is 24.3. The number of thioether (sulfide) groups is 1. The second kappa shape index (κ2) is 10.8. The van der Waals surface area contributed by atoms with Crippen LogP contribution in [0.1, 0.15) is 18.1 Å². The number of methoxy groups -OCH3 is 2. The summed E-state index contributed by atoms with van der Waals surface area (Å²) in [6.45, 7) is 1.65. The summed E-state index contributed by atoms with van der Waals surface area (Å²) >= 11 is 16.2. The van der Waals surface area contributed by atoms with E-state index in [0.29, 0.717) is 31.6 Å². The van der Waals surface area contributed by atoms with Crippen LogP contribution in [0.5, 0.6) is 11.5 Å². The van der Waals surface area contributed by atoms with Gasteiger partial charge < -0.3 is 14.2 Å². The Morgan fingerprint density at radius 2 is 1.91 bits per heavy atom. The Balaban J connectivity index is 1.83. The normalized spacial score (nSPS) is 15.7. The molecule has 1 fully saturated rings. The third-order valence-corrected chi connectivity index (χ3v) is 6.88. The summed E-state index contributed by atoms with van der Waals surface area (Å²) in [6, 6.07) is 7.58. The SMILES string of the molecule is COC(=O)[C@H](C)N1C(=O)S/C(=C/c2cc(Br)c(OCc3ccc(Cl)c(Cl)c3)c(OC)c2)C1=O. The Morgan fingerprint density at radius 1 is 1.18 bits per heavy atom. The van der Waals surface area contributed by atoms with Gasteiger partial charge in [0.15, 0.2) is 11.5 Å². The topological polar surface area (TPSA) is 82.1 Å². The van der Waals surface area contributed by atoms with Gasteiger partial charge in [-0.1, -0.05) is 29.3 Å². The molecule has 7 nitrogen and oxygen atoms in total. The molecule has 2 aromatic carbocycles. The van der Waals surface area contributed by atoms with Crippen molar-refractivity contribution in [3.8, 4) is 11.5 Å². The van der Waals surface area contributed by atoms with Crippen LogP contribution in [0.15, 0.2) is 39.7 Å². The molecule has 0 aliphatic carbocycles. The van der Waals surface area contributed by atoms with Gasteiger partial charge in [-0.15, -0.1) is 0 Å². The summed E-state index contributed by atoms with van der Waals surface area (Å²) < 4.78 is 16.6. The summed E-state index contributed by atoms with van der Waals surface area (Å²) in [5.41, 5.74) is 1.41. The lowest BCUT2D eigenvalue weighted by Gasteiger charge is -2.18. The van der Waals surface area contributed by atoms with E-state index >= 15 is 0 Å². The standard InChI is InChI=1S/C22H18BrCl2NO6S/c1-11(21(28)31-3)26-20(27)18(33-22(26)29)9-13-6-14(23)19(17(8-13)30-2)32-10-12-4-5-15(24)16(25)7-12/h4-9,11H,10H2,1-3H3/b18-9+/t11-/m0/s1. The van der Waals surface area contributed by atoms with Crippen molar-refractivity contribution in [2.24, 2.45) is 0 Å². The molecule has 2 amide bonds. The summed E-state index contributed by atoms with van der Waals surface area (Å²) in [5.74, 6) is -0.379. The molecule has 3 rings (SSSR count). The lowest BCUT2D eigenvalue weighted by molar-refractivity contribution is -0.148. The van der Waals surface area contributed by atoms with E-state index in [9.17, 15) is 14.4 Å². The van der Waals surface area contributed by atoms with Crippen molar-refractivity contribution in [2.75, 3.05) is 14.2 Å². The first-order valence-electron chi connectivity index (χ1n) is 9.45. The van der Waals surface area contributed by atoms with Gasteiger partial charge in [-0.2, -0.15) is 0 Å². The predicted octanol–water partition coefficient (Wildman–Crippen LogP) is 5.94. The Labute approximate surface area is 213 Å². The van der Waals surface area contributed by atoms with Crippen molar-refractivity contribution in [1.82, 2.24) is 4.90 Å². The molecule has 0 bridgehead atoms. The van der Waals surface area contributed by atoms with Gasteiger partial charge in [-0.25, -0.2) is 4.79 Å². The van der Waals surface area contributed by atoms with E-state index in [1.807, 2.05) is 0 Å². The van der Waals surface area contributed by atoms with Crippen LogP contribution in [-0.4, -0.2) is 42.3 Å². The summed E-state index contributed by atoms with van der Waals surface area (Å²) in [7, 11) is 2.69. The fourth-order valence-corrected chi connectivity index (χ4v) is 4.79. The molecule has 1 atom stereocenters. The largest absolute Gasteiger partial charge is 0.493 e. The second-order valence-electron chi connectivity index (χ2n) is 6.82. The minimum absolute atomic E-state index is 0.175. The minimum Gasteiger partial charge on any atom is -0.493 e. The fourth-order valence-electron chi connectivity index (χ4n) is 2.99. The van der Waals surface area contributed by atoms with Crippen molar-refractivity contribution < 1.29 is 28.6 Å². The highest BCUT2D eigenvalue weighted by atomic mass is 79.9. The van der Waals surface area contributed by atoms with Crippen LogP contribution < -0.4 is 9.47 Å². The number of amides is 2. The molecule has 1 heterocycles. The van der Waals surface area contributed by atoms with E-state index in [0.717, 1.165) is 22.2 Å². The van der Waals surface area contributed by atoms with Crippen LogP contribution in [0.3, 0.4) is 0 Å². The second-order valence-corrected chi connectivity index (χ2v) is 9.48. The highest BCUT2D eigenvalue weighted by molar-refractivity contribution is 9.10. The molecule has 0 spiro atoms. The molecule has 1 aliphatic heterocycles. The fraction of sp³-hybridized carbons (Fsp3) is 0.227. The zero-order valence-electron chi connectivity index (χ0n) is 17.7. The number of ether oxygens (including phenoxy) is 3. The molecule has 1 saturated heterocycles. The van der Waals surface area contributed by atoms with E-state index < -0.39 is 23.2 Å². The Kier molecular flexibility index (Phi) is 8.33. The van der Waals surface area contributed by atoms with Crippen LogP contribution >= 0.6 is 50.9 Å². The van der Waals surface area contributed by atoms with Crippen LogP contribution in [0.4, 0.5) is 4.79 Å². The first-order chi connectivity index (χ1) is 15.7. The third-order valence-electron chi connectivity index (χ3n) is 4.67. The molecule has 0 N–H and O–H groups in total. The van der Waals surface area contributed by atoms with Crippen LogP contribution in [0.2, 0.25) is 10.0 Å². The highest BCUT2D eigenvalue weighted by Crippen LogP contribution is 2.40. The molecule has 0 aromatic heterocycles. The first kappa shape index (κ1) is 25.4. The Morgan fingerprint density at radius 3 is 2.55 bits per heavy atom. The number of carbonyl (C=O) groups is 3. The van der Waals surface area contributed by atoms with E-state index in [2.05, 4.69) is 20.7 Å². The minimum atomic E-state index is -1.02. The molecule has 1 aliphatic rings. The van der Waals surface area contributed by atoms with Crippen molar-refractivity contribution in [3.63, 3.8) is 0 Å². The molecule has 0 saturated carbocycles. The van der Waals surface area contributed by atoms with Crippen LogP contribution in [0, 0.1) is 0 Å². The molecular weight excluding hydrogens is 557 g/mol. The van der Waals surface area contributed by atoms with Gasteiger partial charge in [0.05, 0.1) is 33.6 Å². The average molecular weight is 575 g/mol. The van der Waals surface area contributed by atoms with Crippen LogP contribution in [-0.2, 0) is 20.9 Å². The van der Waals surface area contributed by atoms with Gasteiger partial charge >= 0.3 is 5.97 Å². The number of carbonyl (C=O) groups excluding carboxylic acids is 3. The lowest BCUT2D eigenvalue weighted by Crippen LogP contribution is -2.42. The Hall–Kier alpha value is -2.20. The molecule has 33 heavy (non-hydrogen) atoms. The number of imide groups is 1. The smallest absolute Gasteiger partial charge is 0.328 e. The van der Waals surface area contributed by atoms with Crippen molar-refractivity contribution in [3.05, 3.63) is 60.9 Å².